The van der Waals surface area contributed by atoms with E-state index >= 15 is 0 Å². The first kappa shape index (κ1) is 13.4. The van der Waals surface area contributed by atoms with Crippen molar-refractivity contribution in [3.05, 3.63) is 23.8 Å². The van der Waals surface area contributed by atoms with Crippen LogP contribution in [0.3, 0.4) is 0 Å². The van der Waals surface area contributed by atoms with Gasteiger partial charge in [0.25, 0.3) is 0 Å². The van der Waals surface area contributed by atoms with Crippen molar-refractivity contribution in [1.29, 1.82) is 0 Å². The molecule has 2 aliphatic rings. The van der Waals surface area contributed by atoms with Gasteiger partial charge in [-0.3, -0.25) is 4.79 Å². The van der Waals surface area contributed by atoms with Gasteiger partial charge in [-0.1, -0.05) is 6.42 Å². The molecule has 1 aromatic rings. The first-order valence-corrected chi connectivity index (χ1v) is 7.51. The summed E-state index contributed by atoms with van der Waals surface area (Å²) < 4.78 is 5.52. The average molecular weight is 274 g/mol. The van der Waals surface area contributed by atoms with E-state index in [9.17, 15) is 4.79 Å². The van der Waals surface area contributed by atoms with Crippen molar-refractivity contribution in [2.24, 2.45) is 23.5 Å². The van der Waals surface area contributed by atoms with E-state index in [1.165, 1.54) is 19.3 Å². The van der Waals surface area contributed by atoms with Gasteiger partial charge in [0.15, 0.2) is 0 Å². The Balaban J connectivity index is 1.66. The van der Waals surface area contributed by atoms with Crippen molar-refractivity contribution in [2.45, 2.75) is 32.7 Å². The summed E-state index contributed by atoms with van der Waals surface area (Å²) in [6, 6.07) is 5.69. The van der Waals surface area contributed by atoms with Gasteiger partial charge in [-0.2, -0.15) is 0 Å². The lowest BCUT2D eigenvalue weighted by Gasteiger charge is -2.12. The van der Waals surface area contributed by atoms with E-state index < -0.39 is 0 Å². The molecule has 0 bridgehead atoms. The number of hydrogen-bond acceptors (Lipinski definition) is 3. The third-order valence-electron chi connectivity index (χ3n) is 4.56. The van der Waals surface area contributed by atoms with E-state index in [0.29, 0.717) is 25.0 Å². The second kappa shape index (κ2) is 5.44. The van der Waals surface area contributed by atoms with Gasteiger partial charge in [0.2, 0.25) is 5.91 Å². The lowest BCUT2D eigenvalue weighted by molar-refractivity contribution is -0.118. The van der Waals surface area contributed by atoms with Crippen molar-refractivity contribution in [3.8, 4) is 5.75 Å². The van der Waals surface area contributed by atoms with E-state index in [2.05, 4.69) is 5.32 Å². The van der Waals surface area contributed by atoms with Crippen LogP contribution in [0.15, 0.2) is 18.2 Å². The van der Waals surface area contributed by atoms with Gasteiger partial charge < -0.3 is 15.8 Å². The Hall–Kier alpha value is -1.55. The Morgan fingerprint density at radius 2 is 2.15 bits per heavy atom. The second-order valence-electron chi connectivity index (χ2n) is 5.73. The van der Waals surface area contributed by atoms with E-state index in [1.807, 2.05) is 25.1 Å². The van der Waals surface area contributed by atoms with Gasteiger partial charge in [-0.05, 0) is 49.8 Å². The molecule has 2 unspecified atom stereocenters. The summed E-state index contributed by atoms with van der Waals surface area (Å²) in [5.74, 6) is 2.51. The van der Waals surface area contributed by atoms with Gasteiger partial charge in [-0.15, -0.1) is 0 Å². The first-order valence-electron chi connectivity index (χ1n) is 7.51. The molecule has 0 spiro atoms. The molecule has 4 nitrogen and oxygen atoms in total. The van der Waals surface area contributed by atoms with Crippen LogP contribution >= 0.6 is 0 Å². The maximum Gasteiger partial charge on any atom is 0.228 e. The number of anilines is 1. The Kier molecular flexibility index (Phi) is 3.66. The molecule has 0 aromatic heterocycles. The minimum absolute atomic E-state index is 0.173. The lowest BCUT2D eigenvalue weighted by Crippen LogP contribution is -2.17. The topological polar surface area (TPSA) is 64.3 Å². The van der Waals surface area contributed by atoms with Gasteiger partial charge in [0, 0.05) is 23.7 Å². The Morgan fingerprint density at radius 3 is 2.80 bits per heavy atom. The number of amides is 1. The number of carbonyl (C=O) groups excluding carboxylic acids is 1. The van der Waals surface area contributed by atoms with Crippen molar-refractivity contribution >= 4 is 11.6 Å². The van der Waals surface area contributed by atoms with E-state index in [4.69, 9.17) is 10.5 Å². The molecular weight excluding hydrogens is 252 g/mol. The van der Waals surface area contributed by atoms with Crippen LogP contribution in [0.25, 0.3) is 0 Å². The number of carbonyl (C=O) groups is 1. The lowest BCUT2D eigenvalue weighted by atomic mass is 10.1. The zero-order chi connectivity index (χ0) is 14.1. The maximum atomic E-state index is 12.2. The summed E-state index contributed by atoms with van der Waals surface area (Å²) >= 11 is 0. The summed E-state index contributed by atoms with van der Waals surface area (Å²) in [7, 11) is 0. The number of rotatable bonds is 5. The van der Waals surface area contributed by atoms with E-state index in [1.54, 1.807) is 0 Å². The van der Waals surface area contributed by atoms with Gasteiger partial charge in [0.05, 0.1) is 6.61 Å². The highest BCUT2D eigenvalue weighted by Gasteiger charge is 2.56. The summed E-state index contributed by atoms with van der Waals surface area (Å²) in [6.07, 6.45) is 3.74. The molecular formula is C16H22N2O2. The van der Waals surface area contributed by atoms with Crippen LogP contribution in [0.5, 0.6) is 5.75 Å². The third-order valence-corrected chi connectivity index (χ3v) is 4.56. The predicted molar refractivity (Wildman–Crippen MR) is 78.5 cm³/mol. The first-order chi connectivity index (χ1) is 9.74. The van der Waals surface area contributed by atoms with Gasteiger partial charge >= 0.3 is 0 Å². The van der Waals surface area contributed by atoms with Gasteiger partial charge in [0.1, 0.15) is 5.75 Å². The van der Waals surface area contributed by atoms with Crippen LogP contribution < -0.4 is 15.8 Å². The molecule has 108 valence electrons. The van der Waals surface area contributed by atoms with Crippen LogP contribution in [0, 0.1) is 17.8 Å². The third kappa shape index (κ3) is 2.40. The predicted octanol–water partition coefficient (Wildman–Crippen LogP) is 2.53. The summed E-state index contributed by atoms with van der Waals surface area (Å²) in [5.41, 5.74) is 7.49. The largest absolute Gasteiger partial charge is 0.494 e. The number of nitrogens with two attached hydrogens (primary N) is 1. The molecule has 20 heavy (non-hydrogen) atoms. The minimum Gasteiger partial charge on any atom is -0.494 e. The molecule has 3 N–H and O–H groups in total. The molecule has 1 amide bonds. The Labute approximate surface area is 119 Å². The Bertz CT molecular complexity index is 505. The van der Waals surface area contributed by atoms with Crippen LogP contribution in [-0.2, 0) is 11.3 Å². The Morgan fingerprint density at radius 1 is 1.40 bits per heavy atom. The molecule has 0 radical (unpaired) electrons. The number of ether oxygens (including phenoxy) is 1. The van der Waals surface area contributed by atoms with Crippen LogP contribution in [0.2, 0.25) is 0 Å². The number of hydrogen-bond donors (Lipinski definition) is 2. The highest BCUT2D eigenvalue weighted by atomic mass is 16.5. The van der Waals surface area contributed by atoms with Crippen LogP contribution in [-0.4, -0.2) is 12.5 Å². The fraction of sp³-hybridized carbons (Fsp3) is 0.562. The second-order valence-corrected chi connectivity index (χ2v) is 5.73. The molecule has 4 heteroatoms. The molecule has 2 fully saturated rings. The molecule has 2 saturated carbocycles. The van der Waals surface area contributed by atoms with Crippen molar-refractivity contribution in [1.82, 2.24) is 0 Å². The number of benzene rings is 1. The SMILES string of the molecule is CCOc1ccc(NC(=O)C2C3CCCC32)cc1CN. The van der Waals surface area contributed by atoms with Crippen LogP contribution in [0.4, 0.5) is 5.69 Å². The maximum absolute atomic E-state index is 12.2. The molecule has 3 rings (SSSR count). The molecule has 0 heterocycles. The van der Waals surface area contributed by atoms with Crippen molar-refractivity contribution in [3.63, 3.8) is 0 Å². The smallest absolute Gasteiger partial charge is 0.228 e. The molecule has 1 aromatic carbocycles. The summed E-state index contributed by atoms with van der Waals surface area (Å²) in [6.45, 7) is 2.97. The van der Waals surface area contributed by atoms with E-state index in [-0.39, 0.29) is 11.8 Å². The highest BCUT2D eigenvalue weighted by molar-refractivity contribution is 5.95. The zero-order valence-corrected chi connectivity index (χ0v) is 11.9. The van der Waals surface area contributed by atoms with Crippen molar-refractivity contribution < 1.29 is 9.53 Å². The fourth-order valence-corrected chi connectivity index (χ4v) is 3.55. The highest BCUT2D eigenvalue weighted by Crippen LogP contribution is 2.57. The molecule has 2 atom stereocenters. The van der Waals surface area contributed by atoms with E-state index in [0.717, 1.165) is 17.0 Å². The number of fused-ring (bicyclic) bond motifs is 1. The fourth-order valence-electron chi connectivity index (χ4n) is 3.55. The average Bonchev–Trinajstić information content (AvgIpc) is 2.94. The molecule has 0 aliphatic heterocycles. The van der Waals surface area contributed by atoms with Gasteiger partial charge in [-0.25, -0.2) is 0 Å². The molecule has 0 saturated heterocycles. The standard InChI is InChI=1S/C16H22N2O2/c1-2-20-14-7-6-11(8-10(14)9-17)18-16(19)15-12-4-3-5-13(12)15/h6-8,12-13,15H,2-5,9,17H2,1H3,(H,18,19). The minimum atomic E-state index is 0.173. The zero-order valence-electron chi connectivity index (χ0n) is 11.9. The van der Waals surface area contributed by atoms with Crippen LogP contribution in [0.1, 0.15) is 31.7 Å². The molecule has 2 aliphatic carbocycles. The quantitative estimate of drug-likeness (QED) is 0.867. The van der Waals surface area contributed by atoms with Crippen molar-refractivity contribution in [2.75, 3.05) is 11.9 Å². The monoisotopic (exact) mass is 274 g/mol. The normalized spacial score (nSPS) is 27.0. The number of nitrogens with one attached hydrogen (secondary N) is 1. The summed E-state index contributed by atoms with van der Waals surface area (Å²) in [4.78, 5) is 12.2. The summed E-state index contributed by atoms with van der Waals surface area (Å²) in [5, 5.41) is 3.03.